The molecule has 1 aromatic rings. The smallest absolute Gasteiger partial charge is 0.0863 e. The molecular weight excluding hydrogens is 184 g/mol. The minimum atomic E-state index is 0.505. The predicted octanol–water partition coefficient (Wildman–Crippen LogP) is 2.30. The summed E-state index contributed by atoms with van der Waals surface area (Å²) >= 11 is 0. The van der Waals surface area contributed by atoms with Crippen LogP contribution in [0.15, 0.2) is 18.2 Å². The Hall–Kier alpha value is -1.33. The molecule has 0 saturated carbocycles. The highest BCUT2D eigenvalue weighted by atomic mass is 15.1. The summed E-state index contributed by atoms with van der Waals surface area (Å²) in [5.74, 6) is 0. The zero-order chi connectivity index (χ0) is 11.3. The first-order chi connectivity index (χ1) is 7.13. The van der Waals surface area contributed by atoms with Crippen LogP contribution in [0.1, 0.15) is 16.7 Å². The van der Waals surface area contributed by atoms with Gasteiger partial charge < -0.3 is 0 Å². The quantitative estimate of drug-likeness (QED) is 0.700. The van der Waals surface area contributed by atoms with E-state index in [2.05, 4.69) is 38.1 Å². The van der Waals surface area contributed by atoms with Gasteiger partial charge in [0.2, 0.25) is 0 Å². The van der Waals surface area contributed by atoms with Crippen molar-refractivity contribution in [1.29, 1.82) is 5.26 Å². The van der Waals surface area contributed by atoms with E-state index in [0.29, 0.717) is 6.54 Å². The molecule has 0 fully saturated rings. The molecular formula is C13H18N2. The maximum Gasteiger partial charge on any atom is 0.0863 e. The fourth-order valence-corrected chi connectivity index (χ4v) is 1.58. The van der Waals surface area contributed by atoms with Gasteiger partial charge in [0.15, 0.2) is 0 Å². The van der Waals surface area contributed by atoms with Crippen LogP contribution >= 0.6 is 0 Å². The summed E-state index contributed by atoms with van der Waals surface area (Å²) in [6.07, 6.45) is 1.02. The Morgan fingerprint density at radius 3 is 2.73 bits per heavy atom. The average molecular weight is 202 g/mol. The maximum absolute atomic E-state index is 8.54. The third-order valence-electron chi connectivity index (χ3n) is 2.61. The Labute approximate surface area is 92.1 Å². The fraction of sp³-hybridized carbons (Fsp3) is 0.462. The number of likely N-dealkylation sites (N-methyl/N-ethyl adjacent to an activating group) is 1. The SMILES string of the molecule is Cc1ccc(C)c(CCN(C)CC#N)c1. The minimum Gasteiger partial charge on any atom is -0.293 e. The van der Waals surface area contributed by atoms with Crippen molar-refractivity contribution in [3.8, 4) is 6.07 Å². The Balaban J connectivity index is 2.57. The van der Waals surface area contributed by atoms with Gasteiger partial charge in [-0.15, -0.1) is 0 Å². The monoisotopic (exact) mass is 202 g/mol. The number of aryl methyl sites for hydroxylation is 2. The molecule has 0 radical (unpaired) electrons. The van der Waals surface area contributed by atoms with Crippen molar-refractivity contribution in [2.45, 2.75) is 20.3 Å². The summed E-state index contributed by atoms with van der Waals surface area (Å²) in [4.78, 5) is 2.04. The third kappa shape index (κ3) is 3.73. The van der Waals surface area contributed by atoms with E-state index in [4.69, 9.17) is 5.26 Å². The van der Waals surface area contributed by atoms with Crippen molar-refractivity contribution < 1.29 is 0 Å². The van der Waals surface area contributed by atoms with Crippen LogP contribution < -0.4 is 0 Å². The molecule has 0 unspecified atom stereocenters. The summed E-state index contributed by atoms with van der Waals surface area (Å²) in [6, 6.07) is 8.69. The zero-order valence-corrected chi connectivity index (χ0v) is 9.75. The first-order valence-corrected chi connectivity index (χ1v) is 5.25. The molecule has 0 spiro atoms. The summed E-state index contributed by atoms with van der Waals surface area (Å²) in [7, 11) is 1.98. The zero-order valence-electron chi connectivity index (χ0n) is 9.75. The lowest BCUT2D eigenvalue weighted by Crippen LogP contribution is -2.21. The molecule has 1 rings (SSSR count). The number of hydrogen-bond donors (Lipinski definition) is 0. The van der Waals surface area contributed by atoms with Gasteiger partial charge in [-0.3, -0.25) is 4.90 Å². The number of hydrogen-bond acceptors (Lipinski definition) is 2. The highest BCUT2D eigenvalue weighted by Crippen LogP contribution is 2.11. The molecule has 0 aliphatic heterocycles. The fourth-order valence-electron chi connectivity index (χ4n) is 1.58. The van der Waals surface area contributed by atoms with Gasteiger partial charge in [-0.1, -0.05) is 23.8 Å². The van der Waals surface area contributed by atoms with Gasteiger partial charge in [-0.05, 0) is 38.4 Å². The number of nitrogens with zero attached hydrogens (tertiary/aromatic N) is 2. The average Bonchev–Trinajstić information content (AvgIpc) is 2.20. The highest BCUT2D eigenvalue weighted by molar-refractivity contribution is 5.30. The lowest BCUT2D eigenvalue weighted by atomic mass is 10.0. The molecule has 2 nitrogen and oxygen atoms in total. The van der Waals surface area contributed by atoms with Gasteiger partial charge in [0.1, 0.15) is 0 Å². The van der Waals surface area contributed by atoms with Crippen LogP contribution in [0.4, 0.5) is 0 Å². The van der Waals surface area contributed by atoms with Crippen molar-refractivity contribution in [2.24, 2.45) is 0 Å². The van der Waals surface area contributed by atoms with Crippen LogP contribution in [0.5, 0.6) is 0 Å². The lowest BCUT2D eigenvalue weighted by Gasteiger charge is -2.13. The molecule has 0 atom stereocenters. The molecule has 0 aliphatic carbocycles. The number of nitriles is 1. The first kappa shape index (κ1) is 11.7. The molecule has 0 aromatic heterocycles. The molecule has 1 aromatic carbocycles. The van der Waals surface area contributed by atoms with Gasteiger partial charge in [0.05, 0.1) is 12.6 Å². The molecule has 2 heteroatoms. The maximum atomic E-state index is 8.54. The largest absolute Gasteiger partial charge is 0.293 e. The molecule has 0 amide bonds. The van der Waals surface area contributed by atoms with Crippen molar-refractivity contribution in [2.75, 3.05) is 20.1 Å². The van der Waals surface area contributed by atoms with Gasteiger partial charge in [-0.25, -0.2) is 0 Å². The molecule has 0 N–H and O–H groups in total. The van der Waals surface area contributed by atoms with Gasteiger partial charge in [0.25, 0.3) is 0 Å². The standard InChI is InChI=1S/C13H18N2/c1-11-4-5-12(2)13(10-11)6-8-15(3)9-7-14/h4-5,10H,6,8-9H2,1-3H3. The Morgan fingerprint density at radius 2 is 2.07 bits per heavy atom. The van der Waals surface area contributed by atoms with E-state index in [9.17, 15) is 0 Å². The van der Waals surface area contributed by atoms with E-state index in [1.54, 1.807) is 0 Å². The van der Waals surface area contributed by atoms with E-state index in [-0.39, 0.29) is 0 Å². The van der Waals surface area contributed by atoms with Crippen LogP contribution in [0, 0.1) is 25.2 Å². The second-order valence-electron chi connectivity index (χ2n) is 4.08. The van der Waals surface area contributed by atoms with Gasteiger partial charge in [-0.2, -0.15) is 5.26 Å². The first-order valence-electron chi connectivity index (χ1n) is 5.25. The van der Waals surface area contributed by atoms with E-state index in [0.717, 1.165) is 13.0 Å². The Kier molecular flexibility index (Phi) is 4.33. The van der Waals surface area contributed by atoms with E-state index in [1.165, 1.54) is 16.7 Å². The second kappa shape index (κ2) is 5.53. The summed E-state index contributed by atoms with van der Waals surface area (Å²) in [6.45, 7) is 5.70. The normalized spacial score (nSPS) is 10.3. The van der Waals surface area contributed by atoms with Gasteiger partial charge >= 0.3 is 0 Å². The Bertz CT molecular complexity index is 363. The van der Waals surface area contributed by atoms with Crippen LogP contribution in [-0.4, -0.2) is 25.0 Å². The van der Waals surface area contributed by atoms with E-state index < -0.39 is 0 Å². The van der Waals surface area contributed by atoms with Crippen LogP contribution in [0.25, 0.3) is 0 Å². The van der Waals surface area contributed by atoms with Crippen LogP contribution in [0.2, 0.25) is 0 Å². The molecule has 0 aliphatic rings. The molecule has 0 bridgehead atoms. The van der Waals surface area contributed by atoms with Crippen molar-refractivity contribution in [1.82, 2.24) is 4.90 Å². The predicted molar refractivity (Wildman–Crippen MR) is 62.7 cm³/mol. The van der Waals surface area contributed by atoms with Crippen LogP contribution in [-0.2, 0) is 6.42 Å². The number of benzene rings is 1. The highest BCUT2D eigenvalue weighted by Gasteiger charge is 2.01. The number of rotatable bonds is 4. The molecule has 15 heavy (non-hydrogen) atoms. The molecule has 0 heterocycles. The van der Waals surface area contributed by atoms with Crippen molar-refractivity contribution in [3.63, 3.8) is 0 Å². The molecule has 0 saturated heterocycles. The molecule has 80 valence electrons. The van der Waals surface area contributed by atoms with Crippen LogP contribution in [0.3, 0.4) is 0 Å². The Morgan fingerprint density at radius 1 is 1.33 bits per heavy atom. The lowest BCUT2D eigenvalue weighted by molar-refractivity contribution is 0.379. The topological polar surface area (TPSA) is 27.0 Å². The van der Waals surface area contributed by atoms with Gasteiger partial charge in [0, 0.05) is 6.54 Å². The summed E-state index contributed by atoms with van der Waals surface area (Å²) in [5, 5.41) is 8.54. The van der Waals surface area contributed by atoms with Crippen molar-refractivity contribution >= 4 is 0 Å². The second-order valence-corrected chi connectivity index (χ2v) is 4.08. The van der Waals surface area contributed by atoms with E-state index in [1.807, 2.05) is 11.9 Å². The van der Waals surface area contributed by atoms with E-state index >= 15 is 0 Å². The summed E-state index contributed by atoms with van der Waals surface area (Å²) < 4.78 is 0. The van der Waals surface area contributed by atoms with Crippen molar-refractivity contribution in [3.05, 3.63) is 34.9 Å². The summed E-state index contributed by atoms with van der Waals surface area (Å²) in [5.41, 5.74) is 4.03. The third-order valence-corrected chi connectivity index (χ3v) is 2.61. The minimum absolute atomic E-state index is 0.505.